The number of amides is 2. The zero-order valence-electron chi connectivity index (χ0n) is 16.8. The van der Waals surface area contributed by atoms with E-state index < -0.39 is 11.7 Å². The van der Waals surface area contributed by atoms with Crippen LogP contribution >= 0.6 is 0 Å². The number of carbonyl (C=O) groups excluding carboxylic acids is 1. The molecule has 3 aromatic rings. The summed E-state index contributed by atoms with van der Waals surface area (Å²) in [6.45, 7) is 3.79. The second kappa shape index (κ2) is 8.29. The van der Waals surface area contributed by atoms with E-state index in [9.17, 15) is 18.0 Å². The molecule has 4 rings (SSSR count). The molecule has 31 heavy (non-hydrogen) atoms. The highest BCUT2D eigenvalue weighted by Crippen LogP contribution is 2.29. The predicted molar refractivity (Wildman–Crippen MR) is 110 cm³/mol. The van der Waals surface area contributed by atoms with Crippen LogP contribution in [0.25, 0.3) is 5.69 Å². The number of piperazine rings is 1. The first-order valence-corrected chi connectivity index (χ1v) is 9.76. The summed E-state index contributed by atoms with van der Waals surface area (Å²) in [5.74, 6) is 0.468. The van der Waals surface area contributed by atoms with E-state index in [0.29, 0.717) is 37.7 Å². The minimum atomic E-state index is -4.41. The molecule has 0 saturated carbocycles. The molecule has 1 saturated heterocycles. The van der Waals surface area contributed by atoms with Gasteiger partial charge in [0.05, 0.1) is 11.3 Å². The van der Waals surface area contributed by atoms with E-state index in [2.05, 4.69) is 15.4 Å². The van der Waals surface area contributed by atoms with Gasteiger partial charge >= 0.3 is 12.2 Å². The highest BCUT2D eigenvalue weighted by Gasteiger charge is 2.31. The molecule has 162 valence electrons. The Kier molecular flexibility index (Phi) is 5.53. The van der Waals surface area contributed by atoms with Crippen LogP contribution in [-0.4, -0.2) is 51.9 Å². The van der Waals surface area contributed by atoms with Gasteiger partial charge in [0.15, 0.2) is 0 Å². The molecule has 7 nitrogen and oxygen atoms in total. The van der Waals surface area contributed by atoms with Crippen LogP contribution in [0.3, 0.4) is 0 Å². The fraction of sp³-hybridized carbons (Fsp3) is 0.286. The number of nitrogens with one attached hydrogen (secondary N) is 1. The molecule has 1 aromatic carbocycles. The topological polar surface area (TPSA) is 66.3 Å². The monoisotopic (exact) mass is 430 g/mol. The number of urea groups is 1. The fourth-order valence-corrected chi connectivity index (χ4v) is 3.44. The quantitative estimate of drug-likeness (QED) is 0.684. The van der Waals surface area contributed by atoms with E-state index >= 15 is 0 Å². The summed E-state index contributed by atoms with van der Waals surface area (Å²) in [6.07, 6.45) is -1.86. The van der Waals surface area contributed by atoms with Crippen molar-refractivity contribution >= 4 is 17.5 Å². The Morgan fingerprint density at radius 1 is 1.06 bits per heavy atom. The molecule has 10 heteroatoms. The van der Waals surface area contributed by atoms with Gasteiger partial charge in [-0.25, -0.2) is 14.5 Å². The van der Waals surface area contributed by atoms with Gasteiger partial charge in [-0.05, 0) is 43.3 Å². The van der Waals surface area contributed by atoms with Crippen LogP contribution in [0.4, 0.5) is 29.5 Å². The number of aryl methyl sites for hydroxylation is 1. The Morgan fingerprint density at radius 3 is 2.45 bits per heavy atom. The average Bonchev–Trinajstić information content (AvgIpc) is 3.19. The van der Waals surface area contributed by atoms with Crippen LogP contribution in [0.1, 0.15) is 11.3 Å². The molecule has 0 bridgehead atoms. The molecule has 3 heterocycles. The zero-order chi connectivity index (χ0) is 22.0. The lowest BCUT2D eigenvalue weighted by molar-refractivity contribution is -0.137. The standard InChI is InChI=1S/C21H21F3N6O/c1-15-7-8-26-30(15)18-4-2-3-17(13-18)27-20(31)29-11-9-28(10-12-29)19-6-5-16(14-25-19)21(22,23)24/h2-8,13-14H,9-12H2,1H3,(H,27,31). The lowest BCUT2D eigenvalue weighted by Crippen LogP contribution is -2.50. The van der Waals surface area contributed by atoms with Crippen molar-refractivity contribution in [1.29, 1.82) is 0 Å². The van der Waals surface area contributed by atoms with Gasteiger partial charge in [-0.3, -0.25) is 0 Å². The van der Waals surface area contributed by atoms with E-state index in [4.69, 9.17) is 0 Å². The molecule has 1 N–H and O–H groups in total. The normalized spacial score (nSPS) is 14.6. The first kappa shape index (κ1) is 20.7. The van der Waals surface area contributed by atoms with Gasteiger partial charge in [0.25, 0.3) is 0 Å². The van der Waals surface area contributed by atoms with Crippen LogP contribution in [0.15, 0.2) is 54.9 Å². The Balaban J connectivity index is 1.35. The maximum Gasteiger partial charge on any atom is 0.417 e. The molecule has 2 amide bonds. The van der Waals surface area contributed by atoms with Crippen molar-refractivity contribution in [2.24, 2.45) is 0 Å². The molecule has 0 spiro atoms. The van der Waals surface area contributed by atoms with Crippen LogP contribution in [0, 0.1) is 6.92 Å². The van der Waals surface area contributed by atoms with Gasteiger partial charge in [-0.1, -0.05) is 6.07 Å². The fourth-order valence-electron chi connectivity index (χ4n) is 3.44. The number of pyridine rings is 1. The van der Waals surface area contributed by atoms with Crippen molar-refractivity contribution in [2.75, 3.05) is 36.4 Å². The number of benzene rings is 1. The minimum absolute atomic E-state index is 0.227. The van der Waals surface area contributed by atoms with Crippen molar-refractivity contribution in [3.05, 3.63) is 66.1 Å². The molecule has 0 atom stereocenters. The molecule has 2 aromatic heterocycles. The van der Waals surface area contributed by atoms with Crippen LogP contribution in [0.2, 0.25) is 0 Å². The van der Waals surface area contributed by atoms with Gasteiger partial charge in [0, 0.05) is 50.0 Å². The third-order valence-corrected chi connectivity index (χ3v) is 5.14. The van der Waals surface area contributed by atoms with Crippen molar-refractivity contribution in [3.63, 3.8) is 0 Å². The number of nitrogens with zero attached hydrogens (tertiary/aromatic N) is 5. The van der Waals surface area contributed by atoms with E-state index in [1.165, 1.54) is 6.07 Å². The molecular weight excluding hydrogens is 409 g/mol. The number of alkyl halides is 3. The van der Waals surface area contributed by atoms with Gasteiger partial charge in [-0.15, -0.1) is 0 Å². The number of carbonyl (C=O) groups is 1. The number of hydrogen-bond acceptors (Lipinski definition) is 4. The second-order valence-electron chi connectivity index (χ2n) is 7.24. The number of halogens is 3. The summed E-state index contributed by atoms with van der Waals surface area (Å²) in [5.41, 5.74) is 1.71. The van der Waals surface area contributed by atoms with E-state index in [1.54, 1.807) is 15.8 Å². The summed E-state index contributed by atoms with van der Waals surface area (Å²) < 4.78 is 39.9. The maximum absolute atomic E-state index is 12.7. The van der Waals surface area contributed by atoms with Gasteiger partial charge in [-0.2, -0.15) is 18.3 Å². The van der Waals surface area contributed by atoms with Crippen LogP contribution < -0.4 is 10.2 Å². The van der Waals surface area contributed by atoms with E-state index in [-0.39, 0.29) is 6.03 Å². The third-order valence-electron chi connectivity index (χ3n) is 5.14. The summed E-state index contributed by atoms with van der Waals surface area (Å²) >= 11 is 0. The zero-order valence-corrected chi connectivity index (χ0v) is 16.8. The van der Waals surface area contributed by atoms with E-state index in [1.807, 2.05) is 42.2 Å². The van der Waals surface area contributed by atoms with Crippen LogP contribution in [0.5, 0.6) is 0 Å². The van der Waals surface area contributed by atoms with Gasteiger partial charge < -0.3 is 15.1 Å². The van der Waals surface area contributed by atoms with Crippen molar-refractivity contribution in [3.8, 4) is 5.69 Å². The number of hydrogen-bond donors (Lipinski definition) is 1. The molecule has 0 radical (unpaired) electrons. The lowest BCUT2D eigenvalue weighted by Gasteiger charge is -2.35. The molecule has 1 fully saturated rings. The van der Waals surface area contributed by atoms with E-state index in [0.717, 1.165) is 23.6 Å². The highest BCUT2D eigenvalue weighted by molar-refractivity contribution is 5.89. The van der Waals surface area contributed by atoms with Crippen molar-refractivity contribution in [2.45, 2.75) is 13.1 Å². The molecule has 0 aliphatic carbocycles. The highest BCUT2D eigenvalue weighted by atomic mass is 19.4. The van der Waals surface area contributed by atoms with Crippen molar-refractivity contribution in [1.82, 2.24) is 19.7 Å². The number of rotatable bonds is 3. The Bertz CT molecular complexity index is 1060. The third kappa shape index (κ3) is 4.62. The van der Waals surface area contributed by atoms with Gasteiger partial charge in [0.1, 0.15) is 5.82 Å². The van der Waals surface area contributed by atoms with Crippen LogP contribution in [-0.2, 0) is 6.18 Å². The predicted octanol–water partition coefficient (Wildman–Crippen LogP) is 3.95. The smallest absolute Gasteiger partial charge is 0.353 e. The van der Waals surface area contributed by atoms with Gasteiger partial charge in [0.2, 0.25) is 0 Å². The average molecular weight is 430 g/mol. The maximum atomic E-state index is 12.7. The molecular formula is C21H21F3N6O. The number of aromatic nitrogens is 3. The Labute approximate surface area is 177 Å². The summed E-state index contributed by atoms with van der Waals surface area (Å²) in [7, 11) is 0. The first-order chi connectivity index (χ1) is 14.8. The molecule has 0 unspecified atom stereocenters. The summed E-state index contributed by atoms with van der Waals surface area (Å²) in [5, 5.41) is 7.17. The minimum Gasteiger partial charge on any atom is -0.353 e. The number of anilines is 2. The Hall–Kier alpha value is -3.56. The Morgan fingerprint density at radius 2 is 1.84 bits per heavy atom. The first-order valence-electron chi connectivity index (χ1n) is 9.76. The summed E-state index contributed by atoms with van der Waals surface area (Å²) in [6, 6.07) is 11.5. The SMILES string of the molecule is Cc1ccnn1-c1cccc(NC(=O)N2CCN(c3ccc(C(F)(F)F)cn3)CC2)c1. The van der Waals surface area contributed by atoms with Crippen molar-refractivity contribution < 1.29 is 18.0 Å². The largest absolute Gasteiger partial charge is 0.417 e. The molecule has 1 aliphatic heterocycles. The molecule has 1 aliphatic rings. The lowest BCUT2D eigenvalue weighted by atomic mass is 10.2. The summed E-state index contributed by atoms with van der Waals surface area (Å²) in [4.78, 5) is 20.1. The second-order valence-corrected chi connectivity index (χ2v) is 7.24.